The lowest BCUT2D eigenvalue weighted by Crippen LogP contribution is -2.41. The van der Waals surface area contributed by atoms with Crippen LogP contribution >= 0.6 is 0 Å². The first-order valence-corrected chi connectivity index (χ1v) is 11.3. The predicted molar refractivity (Wildman–Crippen MR) is 121 cm³/mol. The summed E-state index contributed by atoms with van der Waals surface area (Å²) < 4.78 is 24.1. The van der Waals surface area contributed by atoms with Crippen LogP contribution in [0.1, 0.15) is 31.9 Å². The zero-order valence-corrected chi connectivity index (χ0v) is 18.7. The third kappa shape index (κ3) is 3.19. The number of nitrogens with zero attached hydrogens (tertiary/aromatic N) is 7. The summed E-state index contributed by atoms with van der Waals surface area (Å²) in [6.07, 6.45) is 6.68. The Balaban J connectivity index is 1.37. The van der Waals surface area contributed by atoms with E-state index in [1.54, 1.807) is 31.6 Å². The van der Waals surface area contributed by atoms with Gasteiger partial charge in [-0.1, -0.05) is 0 Å². The van der Waals surface area contributed by atoms with Crippen molar-refractivity contribution in [2.75, 3.05) is 24.6 Å². The van der Waals surface area contributed by atoms with Crippen molar-refractivity contribution in [1.29, 1.82) is 0 Å². The van der Waals surface area contributed by atoms with Crippen molar-refractivity contribution in [2.24, 2.45) is 12.5 Å². The number of anilines is 1. The molecule has 33 heavy (non-hydrogen) atoms. The molecule has 10 heteroatoms. The molecule has 0 bridgehead atoms. The normalized spacial score (nSPS) is 20.5. The molecule has 6 rings (SSSR count). The van der Waals surface area contributed by atoms with Crippen LogP contribution in [0.4, 0.5) is 10.2 Å². The lowest BCUT2D eigenvalue weighted by molar-refractivity contribution is 0.0975. The van der Waals surface area contributed by atoms with E-state index in [4.69, 9.17) is 9.72 Å². The average molecular weight is 452 g/mol. The van der Waals surface area contributed by atoms with Gasteiger partial charge in [-0.05, 0) is 43.7 Å². The van der Waals surface area contributed by atoms with E-state index in [9.17, 15) is 5.11 Å². The Hall–Kier alpha value is -3.11. The fraction of sp³-hybridized carbons (Fsp3) is 0.478. The second kappa shape index (κ2) is 7.46. The molecule has 2 fully saturated rings. The molecule has 2 aliphatic heterocycles. The van der Waals surface area contributed by atoms with Crippen LogP contribution in [0.2, 0.25) is 0 Å². The molecule has 0 aliphatic carbocycles. The highest BCUT2D eigenvalue weighted by Gasteiger charge is 2.41. The van der Waals surface area contributed by atoms with Gasteiger partial charge in [0.2, 0.25) is 0 Å². The molecule has 9 nitrogen and oxygen atoms in total. The number of benzene rings is 1. The van der Waals surface area contributed by atoms with Crippen LogP contribution in [0.15, 0.2) is 24.5 Å². The maximum Gasteiger partial charge on any atom is 0.182 e. The first-order chi connectivity index (χ1) is 16.0. The van der Waals surface area contributed by atoms with Gasteiger partial charge in [0.15, 0.2) is 17.3 Å². The first-order valence-electron chi connectivity index (χ1n) is 11.3. The fourth-order valence-corrected chi connectivity index (χ4v) is 5.37. The molecule has 0 amide bonds. The molecule has 1 N–H and O–H groups in total. The molecule has 4 aromatic rings. The van der Waals surface area contributed by atoms with Crippen LogP contribution in [-0.4, -0.2) is 60.4 Å². The van der Waals surface area contributed by atoms with E-state index in [-0.39, 0.29) is 17.7 Å². The zero-order chi connectivity index (χ0) is 22.7. The van der Waals surface area contributed by atoms with Crippen molar-refractivity contribution >= 4 is 27.9 Å². The fourth-order valence-electron chi connectivity index (χ4n) is 5.37. The largest absolute Gasteiger partial charge is 0.390 e. The van der Waals surface area contributed by atoms with Gasteiger partial charge < -0.3 is 14.7 Å². The summed E-state index contributed by atoms with van der Waals surface area (Å²) in [5, 5.41) is 19.3. The smallest absolute Gasteiger partial charge is 0.182 e. The van der Waals surface area contributed by atoms with Crippen molar-refractivity contribution in [3.8, 4) is 5.69 Å². The van der Waals surface area contributed by atoms with Gasteiger partial charge in [0.1, 0.15) is 22.4 Å². The minimum Gasteiger partial charge on any atom is -0.390 e. The van der Waals surface area contributed by atoms with E-state index in [0.717, 1.165) is 39.0 Å². The second-order valence-electron chi connectivity index (χ2n) is 9.33. The Morgan fingerprint density at radius 2 is 2.00 bits per heavy atom. The Bertz CT molecular complexity index is 1360. The van der Waals surface area contributed by atoms with Crippen LogP contribution in [-0.2, 0) is 18.4 Å². The number of aliphatic hydroxyl groups is 1. The number of piperidine rings is 1. The molecular weight excluding hydrogens is 425 g/mol. The van der Waals surface area contributed by atoms with E-state index in [0.29, 0.717) is 39.7 Å². The van der Waals surface area contributed by atoms with Gasteiger partial charge in [-0.3, -0.25) is 4.68 Å². The number of fused-ring (bicyclic) bond motifs is 2. The van der Waals surface area contributed by atoms with Crippen molar-refractivity contribution in [3.05, 3.63) is 36.0 Å². The maximum atomic E-state index is 15.3. The van der Waals surface area contributed by atoms with E-state index in [1.165, 1.54) is 9.36 Å². The van der Waals surface area contributed by atoms with Crippen molar-refractivity contribution in [3.63, 3.8) is 0 Å². The van der Waals surface area contributed by atoms with E-state index in [1.807, 2.05) is 0 Å². The molecular formula is C23H26FN7O2. The topological polar surface area (TPSA) is 94.1 Å². The average Bonchev–Trinajstić information content (AvgIpc) is 3.51. The number of hydrogen-bond acceptors (Lipinski definition) is 7. The number of rotatable bonds is 3. The molecule has 0 radical (unpaired) electrons. The van der Waals surface area contributed by atoms with Crippen LogP contribution < -0.4 is 4.90 Å². The van der Waals surface area contributed by atoms with E-state index < -0.39 is 5.82 Å². The standard InChI is InChI=1S/C23H26FN7O2/c1-14-9-23(13-33-14)5-7-30(8-6-23)21-17(12-32)28-22-16(27-21)11-26-31(22)18-4-3-15-10-25-29(2)20(15)19(18)24/h3-4,10-11,14,32H,5-9,12-13H2,1-2H3/t14-/m0/s1. The van der Waals surface area contributed by atoms with Gasteiger partial charge in [0, 0.05) is 25.5 Å². The number of aryl methyl sites for hydroxylation is 1. The summed E-state index contributed by atoms with van der Waals surface area (Å²) in [6, 6.07) is 3.47. The molecule has 0 saturated carbocycles. The van der Waals surface area contributed by atoms with Crippen LogP contribution in [0.3, 0.4) is 0 Å². The molecule has 1 atom stereocenters. The van der Waals surface area contributed by atoms with Crippen molar-refractivity contribution in [1.82, 2.24) is 29.5 Å². The maximum absolute atomic E-state index is 15.3. The molecule has 2 aliphatic rings. The number of ether oxygens (including phenoxy) is 1. The van der Waals surface area contributed by atoms with Gasteiger partial charge in [0.25, 0.3) is 0 Å². The number of aliphatic hydroxyl groups excluding tert-OH is 1. The lowest BCUT2D eigenvalue weighted by atomic mass is 9.77. The highest BCUT2D eigenvalue weighted by molar-refractivity contribution is 5.83. The minimum atomic E-state index is -0.428. The summed E-state index contributed by atoms with van der Waals surface area (Å²) in [7, 11) is 1.70. The molecule has 172 valence electrons. The predicted octanol–water partition coefficient (Wildman–Crippen LogP) is 2.73. The van der Waals surface area contributed by atoms with E-state index >= 15 is 4.39 Å². The third-order valence-corrected chi connectivity index (χ3v) is 7.17. The molecule has 1 spiro atoms. The van der Waals surface area contributed by atoms with E-state index in [2.05, 4.69) is 27.0 Å². The van der Waals surface area contributed by atoms with Gasteiger partial charge in [-0.25, -0.2) is 19.0 Å². The Morgan fingerprint density at radius 1 is 1.18 bits per heavy atom. The minimum absolute atomic E-state index is 0.250. The van der Waals surface area contributed by atoms with Gasteiger partial charge in [-0.15, -0.1) is 0 Å². The highest BCUT2D eigenvalue weighted by Crippen LogP contribution is 2.42. The zero-order valence-electron chi connectivity index (χ0n) is 18.7. The van der Waals surface area contributed by atoms with Crippen molar-refractivity contribution in [2.45, 2.75) is 38.9 Å². The number of halogens is 1. The summed E-state index contributed by atoms with van der Waals surface area (Å²) in [5.74, 6) is 0.247. The highest BCUT2D eigenvalue weighted by atomic mass is 19.1. The summed E-state index contributed by atoms with van der Waals surface area (Å²) >= 11 is 0. The van der Waals surface area contributed by atoms with Crippen LogP contribution in [0, 0.1) is 11.2 Å². The molecule has 0 unspecified atom stereocenters. The van der Waals surface area contributed by atoms with Crippen LogP contribution in [0.25, 0.3) is 27.8 Å². The Labute approximate surface area is 189 Å². The lowest BCUT2D eigenvalue weighted by Gasteiger charge is -2.39. The molecule has 3 aromatic heterocycles. The number of hydrogen-bond donors (Lipinski definition) is 1. The molecule has 2 saturated heterocycles. The number of aromatic nitrogens is 6. The Morgan fingerprint density at radius 3 is 2.73 bits per heavy atom. The molecule has 1 aromatic carbocycles. The van der Waals surface area contributed by atoms with Gasteiger partial charge in [-0.2, -0.15) is 10.2 Å². The second-order valence-corrected chi connectivity index (χ2v) is 9.33. The summed E-state index contributed by atoms with van der Waals surface area (Å²) in [4.78, 5) is 11.7. The van der Waals surface area contributed by atoms with Gasteiger partial charge in [0.05, 0.1) is 31.7 Å². The SMILES string of the molecule is C[C@H]1CC2(CCN(c3nc4cnn(-c5ccc6cnn(C)c6c5F)c4nc3CO)CC2)CO1. The monoisotopic (exact) mass is 451 g/mol. The quantitative estimate of drug-likeness (QED) is 0.512. The van der Waals surface area contributed by atoms with Gasteiger partial charge >= 0.3 is 0 Å². The molecule has 5 heterocycles. The summed E-state index contributed by atoms with van der Waals surface area (Å²) in [5.41, 5.74) is 2.36. The van der Waals surface area contributed by atoms with Crippen LogP contribution in [0.5, 0.6) is 0 Å². The Kier molecular flexibility index (Phi) is 4.63. The third-order valence-electron chi connectivity index (χ3n) is 7.17. The van der Waals surface area contributed by atoms with Crippen molar-refractivity contribution < 1.29 is 14.2 Å². The first kappa shape index (κ1) is 20.5. The summed E-state index contributed by atoms with van der Waals surface area (Å²) in [6.45, 7) is 4.37.